The summed E-state index contributed by atoms with van der Waals surface area (Å²) in [6.45, 7) is 2.93. The molecule has 0 aliphatic carbocycles. The van der Waals surface area contributed by atoms with Crippen molar-refractivity contribution in [3.63, 3.8) is 0 Å². The molecule has 1 aromatic heterocycles. The number of carboxylic acid groups (broad SMARTS) is 1. The Morgan fingerprint density at radius 3 is 2.86 bits per heavy atom. The summed E-state index contributed by atoms with van der Waals surface area (Å²) in [5.41, 5.74) is 0.986. The highest BCUT2D eigenvalue weighted by Crippen LogP contribution is 2.19. The van der Waals surface area contributed by atoms with Crippen LogP contribution in [0.4, 0.5) is 0 Å². The summed E-state index contributed by atoms with van der Waals surface area (Å²) in [6.07, 6.45) is 5.57. The molecule has 21 heavy (non-hydrogen) atoms. The third kappa shape index (κ3) is 3.88. The van der Waals surface area contributed by atoms with E-state index in [0.29, 0.717) is 30.6 Å². The van der Waals surface area contributed by atoms with Crippen molar-refractivity contribution >= 4 is 18.0 Å². The second-order valence-electron chi connectivity index (χ2n) is 5.26. The minimum Gasteiger partial charge on any atom is -0.478 e. The van der Waals surface area contributed by atoms with Crippen LogP contribution in [0, 0.1) is 5.92 Å². The van der Waals surface area contributed by atoms with E-state index in [-0.39, 0.29) is 17.9 Å². The van der Waals surface area contributed by atoms with Gasteiger partial charge in [-0.05, 0) is 30.0 Å². The van der Waals surface area contributed by atoms with E-state index < -0.39 is 5.97 Å². The van der Waals surface area contributed by atoms with Gasteiger partial charge in [0.2, 0.25) is 0 Å². The zero-order valence-electron chi connectivity index (χ0n) is 11.8. The zero-order valence-corrected chi connectivity index (χ0v) is 11.8. The van der Waals surface area contributed by atoms with Gasteiger partial charge in [0.25, 0.3) is 5.91 Å². The maximum Gasteiger partial charge on any atom is 0.328 e. The minimum absolute atomic E-state index is 0.0470. The lowest BCUT2D eigenvalue weighted by atomic mass is 9.96. The van der Waals surface area contributed by atoms with E-state index in [9.17, 15) is 14.7 Å². The Morgan fingerprint density at radius 2 is 2.19 bits per heavy atom. The van der Waals surface area contributed by atoms with Crippen LogP contribution in [0.5, 0.6) is 0 Å². The van der Waals surface area contributed by atoms with Gasteiger partial charge in [-0.2, -0.15) is 0 Å². The molecule has 0 saturated carbocycles. The summed E-state index contributed by atoms with van der Waals surface area (Å²) in [5.74, 6) is -1.15. The minimum atomic E-state index is -1.05. The number of aromatic nitrogens is 1. The molecule has 2 unspecified atom stereocenters. The summed E-state index contributed by atoms with van der Waals surface area (Å²) in [7, 11) is 0. The predicted octanol–water partition coefficient (Wildman–Crippen LogP) is 1.02. The molecule has 1 aromatic rings. The average Bonchev–Trinajstić information content (AvgIpc) is 2.47. The molecular formula is C15H18N2O4. The number of aliphatic hydroxyl groups excluding tert-OH is 1. The van der Waals surface area contributed by atoms with Crippen molar-refractivity contribution in [2.24, 2.45) is 5.92 Å². The number of carbonyl (C=O) groups excluding carboxylic acids is 1. The predicted molar refractivity (Wildman–Crippen MR) is 76.6 cm³/mol. The van der Waals surface area contributed by atoms with Gasteiger partial charge in [0.15, 0.2) is 0 Å². The highest BCUT2D eigenvalue weighted by molar-refractivity contribution is 5.95. The molecule has 1 saturated heterocycles. The van der Waals surface area contributed by atoms with Crippen molar-refractivity contribution in [2.75, 3.05) is 13.1 Å². The fourth-order valence-corrected chi connectivity index (χ4v) is 2.33. The molecule has 1 fully saturated rings. The first-order chi connectivity index (χ1) is 9.97. The summed E-state index contributed by atoms with van der Waals surface area (Å²) in [5, 5.41) is 18.3. The molecule has 0 radical (unpaired) electrons. The van der Waals surface area contributed by atoms with Gasteiger partial charge in [-0.3, -0.25) is 9.78 Å². The number of amides is 1. The smallest absolute Gasteiger partial charge is 0.328 e. The molecule has 112 valence electrons. The third-order valence-corrected chi connectivity index (χ3v) is 3.57. The largest absolute Gasteiger partial charge is 0.478 e. The first-order valence-electron chi connectivity index (χ1n) is 6.81. The Hall–Kier alpha value is -2.21. The number of hydrogen-bond donors (Lipinski definition) is 2. The average molecular weight is 290 g/mol. The zero-order chi connectivity index (χ0) is 15.4. The summed E-state index contributed by atoms with van der Waals surface area (Å²) >= 11 is 0. The van der Waals surface area contributed by atoms with E-state index in [2.05, 4.69) is 4.98 Å². The molecule has 0 aromatic carbocycles. The first-order valence-corrected chi connectivity index (χ1v) is 6.81. The lowest BCUT2D eigenvalue weighted by molar-refractivity contribution is -0.131. The van der Waals surface area contributed by atoms with E-state index in [1.165, 1.54) is 18.5 Å². The number of pyridine rings is 1. The Kier molecular flexibility index (Phi) is 4.70. The van der Waals surface area contributed by atoms with Gasteiger partial charge in [0.1, 0.15) is 0 Å². The van der Waals surface area contributed by atoms with Crippen LogP contribution in [-0.2, 0) is 4.79 Å². The fraction of sp³-hybridized carbons (Fsp3) is 0.400. The third-order valence-electron chi connectivity index (χ3n) is 3.57. The van der Waals surface area contributed by atoms with Gasteiger partial charge < -0.3 is 15.1 Å². The first kappa shape index (κ1) is 15.2. The maximum absolute atomic E-state index is 12.4. The summed E-state index contributed by atoms with van der Waals surface area (Å²) in [6, 6.07) is 1.62. The van der Waals surface area contributed by atoms with E-state index in [0.717, 1.165) is 6.08 Å². The van der Waals surface area contributed by atoms with Crippen molar-refractivity contribution in [2.45, 2.75) is 19.4 Å². The summed E-state index contributed by atoms with van der Waals surface area (Å²) in [4.78, 5) is 28.6. The number of piperidine rings is 1. The van der Waals surface area contributed by atoms with Crippen molar-refractivity contribution in [3.05, 3.63) is 35.7 Å². The van der Waals surface area contributed by atoms with Gasteiger partial charge in [-0.25, -0.2) is 4.79 Å². The topological polar surface area (TPSA) is 90.7 Å². The van der Waals surface area contributed by atoms with Gasteiger partial charge in [-0.15, -0.1) is 0 Å². The maximum atomic E-state index is 12.4. The molecule has 1 amide bonds. The molecule has 1 aliphatic heterocycles. The second kappa shape index (κ2) is 6.49. The molecule has 6 heteroatoms. The Labute approximate surface area is 122 Å². The van der Waals surface area contributed by atoms with Crippen LogP contribution < -0.4 is 0 Å². The SMILES string of the molecule is CC1CN(C(=O)c2cncc(/C=C/C(=O)O)c2)CCC1O. The highest BCUT2D eigenvalue weighted by atomic mass is 16.4. The van der Waals surface area contributed by atoms with Crippen LogP contribution in [0.2, 0.25) is 0 Å². The lowest BCUT2D eigenvalue weighted by Gasteiger charge is -2.34. The molecule has 2 N–H and O–H groups in total. The number of carboxylic acids is 1. The molecule has 2 rings (SSSR count). The molecule has 2 atom stereocenters. The highest BCUT2D eigenvalue weighted by Gasteiger charge is 2.27. The van der Waals surface area contributed by atoms with Crippen LogP contribution in [0.25, 0.3) is 6.08 Å². The fourth-order valence-electron chi connectivity index (χ4n) is 2.33. The molecular weight excluding hydrogens is 272 g/mol. The van der Waals surface area contributed by atoms with Crippen molar-refractivity contribution in [3.8, 4) is 0 Å². The monoisotopic (exact) mass is 290 g/mol. The van der Waals surface area contributed by atoms with Crippen LogP contribution in [-0.4, -0.2) is 51.2 Å². The van der Waals surface area contributed by atoms with E-state index >= 15 is 0 Å². The van der Waals surface area contributed by atoms with Crippen molar-refractivity contribution < 1.29 is 19.8 Å². The number of nitrogens with zero attached hydrogens (tertiary/aromatic N) is 2. The lowest BCUT2D eigenvalue weighted by Crippen LogP contribution is -2.45. The number of aliphatic carboxylic acids is 1. The molecule has 2 heterocycles. The number of rotatable bonds is 3. The van der Waals surface area contributed by atoms with Gasteiger partial charge in [0, 0.05) is 31.6 Å². The number of aliphatic hydroxyl groups is 1. The molecule has 1 aliphatic rings. The van der Waals surface area contributed by atoms with E-state index in [4.69, 9.17) is 5.11 Å². The van der Waals surface area contributed by atoms with Crippen LogP contribution >= 0.6 is 0 Å². The van der Waals surface area contributed by atoms with Crippen LogP contribution in [0.15, 0.2) is 24.5 Å². The molecule has 0 spiro atoms. The Bertz CT molecular complexity index is 571. The van der Waals surface area contributed by atoms with Gasteiger partial charge >= 0.3 is 5.97 Å². The van der Waals surface area contributed by atoms with Crippen molar-refractivity contribution in [1.82, 2.24) is 9.88 Å². The van der Waals surface area contributed by atoms with Gasteiger partial charge in [-0.1, -0.05) is 6.92 Å². The van der Waals surface area contributed by atoms with Gasteiger partial charge in [0.05, 0.1) is 11.7 Å². The standard InChI is InChI=1S/C15H18N2O4/c1-10-9-17(5-4-13(10)18)15(21)12-6-11(7-16-8-12)2-3-14(19)20/h2-3,6-8,10,13,18H,4-5,9H2,1H3,(H,19,20)/b3-2+. The molecule has 6 nitrogen and oxygen atoms in total. The van der Waals surface area contributed by atoms with Crippen molar-refractivity contribution in [1.29, 1.82) is 0 Å². The number of carbonyl (C=O) groups is 2. The second-order valence-corrected chi connectivity index (χ2v) is 5.26. The molecule has 0 bridgehead atoms. The Balaban J connectivity index is 2.12. The van der Waals surface area contributed by atoms with E-state index in [1.807, 2.05) is 6.92 Å². The Morgan fingerprint density at radius 1 is 1.43 bits per heavy atom. The number of hydrogen-bond acceptors (Lipinski definition) is 4. The normalized spacial score (nSPS) is 22.5. The summed E-state index contributed by atoms with van der Waals surface area (Å²) < 4.78 is 0. The quantitative estimate of drug-likeness (QED) is 0.811. The van der Waals surface area contributed by atoms with Crippen LogP contribution in [0.3, 0.4) is 0 Å². The van der Waals surface area contributed by atoms with E-state index in [1.54, 1.807) is 11.0 Å². The number of likely N-dealkylation sites (tertiary alicyclic amines) is 1. The van der Waals surface area contributed by atoms with Crippen LogP contribution in [0.1, 0.15) is 29.3 Å².